The molecule has 0 heteroatoms. The molecule has 0 spiro atoms. The van der Waals surface area contributed by atoms with Gasteiger partial charge in [-0.2, -0.15) is 0 Å². The van der Waals surface area contributed by atoms with Crippen LogP contribution in [0.1, 0.15) is 38.3 Å². The van der Waals surface area contributed by atoms with Crippen molar-refractivity contribution in [2.75, 3.05) is 0 Å². The summed E-state index contributed by atoms with van der Waals surface area (Å²) in [5.74, 6) is 0. The van der Waals surface area contributed by atoms with Crippen LogP contribution < -0.4 is 0 Å². The SMILES string of the molecule is CCC(C)(C)c1ccc(C)c2ccccc12. The average molecular weight is 212 g/mol. The minimum atomic E-state index is 0.257. The minimum Gasteiger partial charge on any atom is -0.0646 e. The lowest BCUT2D eigenvalue weighted by molar-refractivity contribution is 0.510. The third-order valence-electron chi connectivity index (χ3n) is 3.76. The normalized spacial score (nSPS) is 12.0. The fraction of sp³-hybridized carbons (Fsp3) is 0.375. The van der Waals surface area contributed by atoms with Gasteiger partial charge in [0.2, 0.25) is 0 Å². The summed E-state index contributed by atoms with van der Waals surface area (Å²) in [4.78, 5) is 0. The van der Waals surface area contributed by atoms with Gasteiger partial charge in [0, 0.05) is 0 Å². The number of fused-ring (bicyclic) bond motifs is 1. The van der Waals surface area contributed by atoms with Crippen molar-refractivity contribution in [2.45, 2.75) is 39.5 Å². The summed E-state index contributed by atoms with van der Waals surface area (Å²) in [6.07, 6.45) is 1.17. The van der Waals surface area contributed by atoms with Crippen molar-refractivity contribution >= 4 is 10.8 Å². The summed E-state index contributed by atoms with van der Waals surface area (Å²) in [7, 11) is 0. The van der Waals surface area contributed by atoms with E-state index in [0.717, 1.165) is 0 Å². The molecule has 0 aromatic heterocycles. The third kappa shape index (κ3) is 1.73. The van der Waals surface area contributed by atoms with Crippen LogP contribution in [0.15, 0.2) is 36.4 Å². The number of benzene rings is 2. The summed E-state index contributed by atoms with van der Waals surface area (Å²) >= 11 is 0. The minimum absolute atomic E-state index is 0.257. The Morgan fingerprint density at radius 1 is 0.938 bits per heavy atom. The van der Waals surface area contributed by atoms with E-state index in [-0.39, 0.29) is 5.41 Å². The van der Waals surface area contributed by atoms with Crippen LogP contribution in [0.4, 0.5) is 0 Å². The molecule has 0 unspecified atom stereocenters. The lowest BCUT2D eigenvalue weighted by atomic mass is 9.79. The molecule has 0 radical (unpaired) electrons. The Morgan fingerprint density at radius 2 is 1.56 bits per heavy atom. The van der Waals surface area contributed by atoms with Crippen molar-refractivity contribution in [3.8, 4) is 0 Å². The highest BCUT2D eigenvalue weighted by Crippen LogP contribution is 2.33. The molecule has 0 fully saturated rings. The van der Waals surface area contributed by atoms with Gasteiger partial charge in [-0.05, 0) is 40.7 Å². The molecule has 0 atom stereocenters. The maximum absolute atomic E-state index is 2.32. The molecule has 0 nitrogen and oxygen atoms in total. The predicted molar refractivity (Wildman–Crippen MR) is 72.0 cm³/mol. The van der Waals surface area contributed by atoms with Gasteiger partial charge in [-0.25, -0.2) is 0 Å². The molecule has 0 aliphatic carbocycles. The molecular weight excluding hydrogens is 192 g/mol. The maximum atomic E-state index is 2.32. The van der Waals surface area contributed by atoms with E-state index in [4.69, 9.17) is 0 Å². The van der Waals surface area contributed by atoms with E-state index >= 15 is 0 Å². The summed E-state index contributed by atoms with van der Waals surface area (Å²) in [5.41, 5.74) is 3.09. The number of rotatable bonds is 2. The first-order valence-corrected chi connectivity index (χ1v) is 6.05. The molecule has 0 N–H and O–H groups in total. The van der Waals surface area contributed by atoms with Gasteiger partial charge in [0.15, 0.2) is 0 Å². The van der Waals surface area contributed by atoms with Crippen molar-refractivity contribution in [2.24, 2.45) is 0 Å². The van der Waals surface area contributed by atoms with Gasteiger partial charge in [-0.1, -0.05) is 57.2 Å². The first kappa shape index (κ1) is 11.2. The standard InChI is InChI=1S/C16H20/c1-5-16(3,4)15-11-10-12(2)13-8-6-7-9-14(13)15/h6-11H,5H2,1-4H3. The Balaban J connectivity index is 2.77. The average Bonchev–Trinajstić information content (AvgIpc) is 2.29. The van der Waals surface area contributed by atoms with Gasteiger partial charge < -0.3 is 0 Å². The number of hydrogen-bond donors (Lipinski definition) is 0. The molecule has 84 valence electrons. The third-order valence-corrected chi connectivity index (χ3v) is 3.76. The number of aryl methyl sites for hydroxylation is 1. The van der Waals surface area contributed by atoms with Crippen LogP contribution >= 0.6 is 0 Å². The molecule has 0 saturated heterocycles. The van der Waals surface area contributed by atoms with Crippen LogP contribution in [-0.4, -0.2) is 0 Å². The van der Waals surface area contributed by atoms with Crippen molar-refractivity contribution in [3.63, 3.8) is 0 Å². The first-order valence-electron chi connectivity index (χ1n) is 6.05. The molecule has 0 amide bonds. The van der Waals surface area contributed by atoms with Crippen molar-refractivity contribution in [3.05, 3.63) is 47.5 Å². The summed E-state index contributed by atoms with van der Waals surface area (Å²) in [6, 6.07) is 13.3. The van der Waals surface area contributed by atoms with Crippen LogP contribution in [0.2, 0.25) is 0 Å². The Morgan fingerprint density at radius 3 is 2.19 bits per heavy atom. The van der Waals surface area contributed by atoms with Gasteiger partial charge in [0.25, 0.3) is 0 Å². The zero-order chi connectivity index (χ0) is 11.8. The molecular formula is C16H20. The Hall–Kier alpha value is -1.30. The van der Waals surface area contributed by atoms with Crippen molar-refractivity contribution in [1.29, 1.82) is 0 Å². The van der Waals surface area contributed by atoms with E-state index in [1.54, 1.807) is 0 Å². The molecule has 0 heterocycles. The zero-order valence-electron chi connectivity index (χ0n) is 10.7. The van der Waals surface area contributed by atoms with Crippen molar-refractivity contribution < 1.29 is 0 Å². The van der Waals surface area contributed by atoms with Gasteiger partial charge >= 0.3 is 0 Å². The fourth-order valence-electron chi connectivity index (χ4n) is 2.23. The van der Waals surface area contributed by atoms with Crippen LogP contribution in [0, 0.1) is 6.92 Å². The highest BCUT2D eigenvalue weighted by Gasteiger charge is 2.20. The van der Waals surface area contributed by atoms with Gasteiger partial charge in [-0.3, -0.25) is 0 Å². The van der Waals surface area contributed by atoms with Crippen LogP contribution in [0.5, 0.6) is 0 Å². The lowest BCUT2D eigenvalue weighted by Gasteiger charge is -2.25. The highest BCUT2D eigenvalue weighted by molar-refractivity contribution is 5.89. The highest BCUT2D eigenvalue weighted by atomic mass is 14.2. The van der Waals surface area contributed by atoms with E-state index < -0.39 is 0 Å². The summed E-state index contributed by atoms with van der Waals surface area (Å²) in [5, 5.41) is 2.80. The van der Waals surface area contributed by atoms with E-state index in [2.05, 4.69) is 64.1 Å². The summed E-state index contributed by atoms with van der Waals surface area (Å²) < 4.78 is 0. The molecule has 0 aliphatic rings. The smallest absolute Gasteiger partial charge is 0.0100 e. The molecule has 2 rings (SSSR count). The van der Waals surface area contributed by atoms with Crippen LogP contribution in [-0.2, 0) is 5.41 Å². The molecule has 0 bridgehead atoms. The van der Waals surface area contributed by atoms with E-state index in [9.17, 15) is 0 Å². The Labute approximate surface area is 98.3 Å². The van der Waals surface area contributed by atoms with E-state index in [1.807, 2.05) is 0 Å². The van der Waals surface area contributed by atoms with Gasteiger partial charge in [0.05, 0.1) is 0 Å². The Kier molecular flexibility index (Phi) is 2.75. The molecule has 2 aromatic rings. The summed E-state index contributed by atoms with van der Waals surface area (Å²) in [6.45, 7) is 9.09. The molecule has 0 saturated carbocycles. The number of hydrogen-bond acceptors (Lipinski definition) is 0. The van der Waals surface area contributed by atoms with E-state index in [0.29, 0.717) is 0 Å². The predicted octanol–water partition coefficient (Wildman–Crippen LogP) is 4.84. The zero-order valence-corrected chi connectivity index (χ0v) is 10.7. The van der Waals surface area contributed by atoms with E-state index in [1.165, 1.54) is 28.3 Å². The fourth-order valence-corrected chi connectivity index (χ4v) is 2.23. The first-order chi connectivity index (χ1) is 7.56. The topological polar surface area (TPSA) is 0 Å². The van der Waals surface area contributed by atoms with Gasteiger partial charge in [0.1, 0.15) is 0 Å². The molecule has 2 aromatic carbocycles. The molecule has 0 aliphatic heterocycles. The van der Waals surface area contributed by atoms with Crippen LogP contribution in [0.3, 0.4) is 0 Å². The second-order valence-corrected chi connectivity index (χ2v) is 5.21. The second-order valence-electron chi connectivity index (χ2n) is 5.21. The monoisotopic (exact) mass is 212 g/mol. The van der Waals surface area contributed by atoms with Crippen LogP contribution in [0.25, 0.3) is 10.8 Å². The maximum Gasteiger partial charge on any atom is -0.0100 e. The van der Waals surface area contributed by atoms with Gasteiger partial charge in [-0.15, -0.1) is 0 Å². The second kappa shape index (κ2) is 3.93. The lowest BCUT2D eigenvalue weighted by Crippen LogP contribution is -2.15. The Bertz CT molecular complexity index is 506. The molecule has 16 heavy (non-hydrogen) atoms. The largest absolute Gasteiger partial charge is 0.0646 e. The van der Waals surface area contributed by atoms with Crippen molar-refractivity contribution in [1.82, 2.24) is 0 Å². The quantitative estimate of drug-likeness (QED) is 0.668.